The molecule has 0 radical (unpaired) electrons. The Bertz CT molecular complexity index is 917. The molecule has 35 heavy (non-hydrogen) atoms. The minimum Gasteiger partial charge on any atom is -0.491 e. The molecule has 9 nitrogen and oxygen atoms in total. The van der Waals surface area contributed by atoms with Gasteiger partial charge >= 0.3 is 6.03 Å². The van der Waals surface area contributed by atoms with E-state index in [0.717, 1.165) is 12.8 Å². The third-order valence-corrected chi connectivity index (χ3v) is 6.60. The van der Waals surface area contributed by atoms with Gasteiger partial charge < -0.3 is 29.9 Å². The number of fused-ring (bicyclic) bond motifs is 1. The summed E-state index contributed by atoms with van der Waals surface area (Å²) in [6, 6.07) is 4.47. The van der Waals surface area contributed by atoms with Crippen molar-refractivity contribution in [3.8, 4) is 5.75 Å². The number of likely N-dealkylation sites (N-methyl/N-ethyl adjacent to an activating group) is 1. The molecular weight excluding hydrogens is 448 g/mol. The first kappa shape index (κ1) is 26.8. The number of anilines is 1. The van der Waals surface area contributed by atoms with Crippen LogP contribution in [0, 0.1) is 11.8 Å². The summed E-state index contributed by atoms with van der Waals surface area (Å²) < 4.78 is 11.9. The summed E-state index contributed by atoms with van der Waals surface area (Å²) in [5, 5.41) is 5.57. The Kier molecular flexibility index (Phi) is 8.99. The molecule has 3 rings (SSSR count). The van der Waals surface area contributed by atoms with Crippen molar-refractivity contribution in [3.05, 3.63) is 23.8 Å². The highest BCUT2D eigenvalue weighted by molar-refractivity contribution is 5.98. The SMILES string of the molecule is CO[C@@H]1CN(C)C(=O)c2ccc(NC(=O)NC(C)C)cc2OC[C@H](C)N(C(=O)CC2CC2)C[C@H]1C. The van der Waals surface area contributed by atoms with E-state index < -0.39 is 0 Å². The lowest BCUT2D eigenvalue weighted by Crippen LogP contribution is -2.48. The van der Waals surface area contributed by atoms with E-state index in [1.165, 1.54) is 0 Å². The number of hydrogen-bond donors (Lipinski definition) is 2. The normalized spacial score (nSPS) is 23.6. The van der Waals surface area contributed by atoms with Gasteiger partial charge in [-0.05, 0) is 51.7 Å². The molecule has 1 fully saturated rings. The highest BCUT2D eigenvalue weighted by Gasteiger charge is 2.33. The Morgan fingerprint density at radius 1 is 1.20 bits per heavy atom. The van der Waals surface area contributed by atoms with E-state index in [4.69, 9.17) is 9.47 Å². The molecular formula is C26H40N4O5. The Balaban J connectivity index is 1.90. The van der Waals surface area contributed by atoms with Gasteiger partial charge in [0.2, 0.25) is 5.91 Å². The number of ether oxygens (including phenoxy) is 2. The van der Waals surface area contributed by atoms with Gasteiger partial charge in [0.05, 0.1) is 17.7 Å². The number of carbonyl (C=O) groups excluding carboxylic acids is 3. The number of nitrogens with zero attached hydrogens (tertiary/aromatic N) is 2. The number of methoxy groups -OCH3 is 1. The number of nitrogens with one attached hydrogen (secondary N) is 2. The second-order valence-corrected chi connectivity index (χ2v) is 10.3. The van der Waals surface area contributed by atoms with Crippen LogP contribution in [-0.4, -0.2) is 79.7 Å². The molecule has 1 aromatic carbocycles. The molecule has 194 valence electrons. The molecule has 4 amide bonds. The summed E-state index contributed by atoms with van der Waals surface area (Å²) in [4.78, 5) is 42.2. The summed E-state index contributed by atoms with van der Waals surface area (Å²) in [7, 11) is 3.37. The summed E-state index contributed by atoms with van der Waals surface area (Å²) in [6.45, 7) is 8.91. The van der Waals surface area contributed by atoms with E-state index in [0.29, 0.717) is 42.4 Å². The topological polar surface area (TPSA) is 100 Å². The van der Waals surface area contributed by atoms with Crippen molar-refractivity contribution >= 4 is 23.5 Å². The molecule has 1 heterocycles. The Hall–Kier alpha value is -2.81. The predicted octanol–water partition coefficient (Wildman–Crippen LogP) is 3.35. The highest BCUT2D eigenvalue weighted by Crippen LogP contribution is 2.33. The average Bonchev–Trinajstić information content (AvgIpc) is 3.61. The van der Waals surface area contributed by atoms with E-state index in [-0.39, 0.29) is 48.6 Å². The number of benzene rings is 1. The van der Waals surface area contributed by atoms with Crippen LogP contribution in [0.1, 0.15) is 57.3 Å². The molecule has 2 N–H and O–H groups in total. The van der Waals surface area contributed by atoms with Crippen molar-refractivity contribution in [2.75, 3.05) is 39.2 Å². The minimum absolute atomic E-state index is 0.0121. The van der Waals surface area contributed by atoms with Crippen molar-refractivity contribution in [2.24, 2.45) is 11.8 Å². The molecule has 1 aromatic rings. The maximum atomic E-state index is 13.3. The lowest BCUT2D eigenvalue weighted by Gasteiger charge is -2.36. The molecule has 1 aliphatic heterocycles. The molecule has 3 atom stereocenters. The van der Waals surface area contributed by atoms with Crippen LogP contribution in [0.15, 0.2) is 18.2 Å². The fourth-order valence-corrected chi connectivity index (χ4v) is 4.31. The lowest BCUT2D eigenvalue weighted by molar-refractivity contribution is -0.135. The molecule has 0 bridgehead atoms. The number of rotatable bonds is 5. The predicted molar refractivity (Wildman–Crippen MR) is 135 cm³/mol. The molecule has 9 heteroatoms. The molecule has 0 saturated heterocycles. The molecule has 0 spiro atoms. The van der Waals surface area contributed by atoms with Gasteiger partial charge in [-0.25, -0.2) is 4.79 Å². The monoisotopic (exact) mass is 488 g/mol. The largest absolute Gasteiger partial charge is 0.491 e. The van der Waals surface area contributed by atoms with Crippen LogP contribution < -0.4 is 15.4 Å². The smallest absolute Gasteiger partial charge is 0.319 e. The number of urea groups is 1. The highest BCUT2D eigenvalue weighted by atomic mass is 16.5. The van der Waals surface area contributed by atoms with Gasteiger partial charge in [-0.3, -0.25) is 9.59 Å². The molecule has 0 unspecified atom stereocenters. The fourth-order valence-electron chi connectivity index (χ4n) is 4.31. The van der Waals surface area contributed by atoms with Gasteiger partial charge in [0.15, 0.2) is 0 Å². The van der Waals surface area contributed by atoms with Gasteiger partial charge in [0, 0.05) is 57.4 Å². The number of amides is 4. The van der Waals surface area contributed by atoms with Crippen molar-refractivity contribution in [2.45, 2.75) is 65.1 Å². The van der Waals surface area contributed by atoms with Crippen LogP contribution in [0.3, 0.4) is 0 Å². The second kappa shape index (κ2) is 11.7. The van der Waals surface area contributed by atoms with E-state index in [1.54, 1.807) is 37.3 Å². The van der Waals surface area contributed by atoms with Crippen molar-refractivity contribution < 1.29 is 23.9 Å². The molecule has 1 saturated carbocycles. The lowest BCUT2D eigenvalue weighted by atomic mass is 10.0. The van der Waals surface area contributed by atoms with E-state index in [9.17, 15) is 14.4 Å². The minimum atomic E-state index is -0.335. The van der Waals surface area contributed by atoms with E-state index in [1.807, 2.05) is 25.7 Å². The molecule has 0 aromatic heterocycles. The maximum Gasteiger partial charge on any atom is 0.319 e. The summed E-state index contributed by atoms with van der Waals surface area (Å²) in [6.07, 6.45) is 2.56. The van der Waals surface area contributed by atoms with Crippen molar-refractivity contribution in [1.82, 2.24) is 15.1 Å². The van der Waals surface area contributed by atoms with Crippen molar-refractivity contribution in [3.63, 3.8) is 0 Å². The average molecular weight is 489 g/mol. The van der Waals surface area contributed by atoms with Gasteiger partial charge in [-0.1, -0.05) is 6.92 Å². The van der Waals surface area contributed by atoms with Gasteiger partial charge in [0.25, 0.3) is 5.91 Å². The van der Waals surface area contributed by atoms with E-state index >= 15 is 0 Å². The van der Waals surface area contributed by atoms with Crippen LogP contribution in [0.25, 0.3) is 0 Å². The Labute approximate surface area is 208 Å². The first-order valence-corrected chi connectivity index (χ1v) is 12.5. The van der Waals surface area contributed by atoms with E-state index in [2.05, 4.69) is 17.6 Å². The van der Waals surface area contributed by atoms with Crippen LogP contribution >= 0.6 is 0 Å². The molecule has 1 aliphatic carbocycles. The Morgan fingerprint density at radius 3 is 2.54 bits per heavy atom. The summed E-state index contributed by atoms with van der Waals surface area (Å²) >= 11 is 0. The van der Waals surface area contributed by atoms with Crippen LogP contribution in [0.4, 0.5) is 10.5 Å². The van der Waals surface area contributed by atoms with Crippen LogP contribution in [0.5, 0.6) is 5.75 Å². The fraction of sp³-hybridized carbons (Fsp3) is 0.654. The van der Waals surface area contributed by atoms with Gasteiger partial charge in [-0.15, -0.1) is 0 Å². The van der Waals surface area contributed by atoms with Crippen molar-refractivity contribution in [1.29, 1.82) is 0 Å². The summed E-state index contributed by atoms with van der Waals surface area (Å²) in [5.74, 6) is 0.828. The first-order chi connectivity index (χ1) is 16.6. The third kappa shape index (κ3) is 7.34. The van der Waals surface area contributed by atoms with Gasteiger partial charge in [-0.2, -0.15) is 0 Å². The van der Waals surface area contributed by atoms with Gasteiger partial charge in [0.1, 0.15) is 12.4 Å². The summed E-state index contributed by atoms with van der Waals surface area (Å²) in [5.41, 5.74) is 0.913. The molecule has 2 aliphatic rings. The quantitative estimate of drug-likeness (QED) is 0.662. The third-order valence-electron chi connectivity index (χ3n) is 6.60. The first-order valence-electron chi connectivity index (χ1n) is 12.5. The second-order valence-electron chi connectivity index (χ2n) is 10.3. The van der Waals surface area contributed by atoms with Crippen LogP contribution in [0.2, 0.25) is 0 Å². The zero-order chi connectivity index (χ0) is 25.7. The number of carbonyl (C=O) groups is 3. The zero-order valence-corrected chi connectivity index (χ0v) is 21.8. The Morgan fingerprint density at radius 2 is 1.91 bits per heavy atom. The van der Waals surface area contributed by atoms with Crippen LogP contribution in [-0.2, 0) is 9.53 Å². The number of hydrogen-bond acceptors (Lipinski definition) is 5. The maximum absolute atomic E-state index is 13.3. The zero-order valence-electron chi connectivity index (χ0n) is 21.8. The standard InChI is InChI=1S/C26H40N4O5/c1-16(2)27-26(33)28-20-9-10-21-22(12-20)35-15-18(4)30(24(31)11-19-7-8-19)13-17(3)23(34-6)14-29(5)25(21)32/h9-10,12,16-19,23H,7-8,11,13-15H2,1-6H3,(H2,27,28,33)/t17-,18+,23-/m1/s1.